The lowest BCUT2D eigenvalue weighted by molar-refractivity contribution is -0.114. The van der Waals surface area contributed by atoms with Gasteiger partial charge in [0.1, 0.15) is 0 Å². The molecule has 0 radical (unpaired) electrons. The van der Waals surface area contributed by atoms with Crippen LogP contribution < -0.4 is 4.90 Å². The van der Waals surface area contributed by atoms with E-state index in [0.29, 0.717) is 23.7 Å². The molecule has 1 amide bonds. The van der Waals surface area contributed by atoms with Gasteiger partial charge in [0.2, 0.25) is 0 Å². The maximum atomic E-state index is 12.9. The van der Waals surface area contributed by atoms with Crippen molar-refractivity contribution in [2.45, 2.75) is 4.90 Å². The summed E-state index contributed by atoms with van der Waals surface area (Å²) in [5.74, 6) is -0.155. The first-order valence-corrected chi connectivity index (χ1v) is 12.1. The third kappa shape index (κ3) is 6.10. The average molecular weight is 472 g/mol. The van der Waals surface area contributed by atoms with Gasteiger partial charge in [0.05, 0.1) is 15.1 Å². The summed E-state index contributed by atoms with van der Waals surface area (Å²) < 4.78 is 24.4. The lowest BCUT2D eigenvalue weighted by atomic mass is 10.3. The second-order valence-electron chi connectivity index (χ2n) is 6.54. The number of thiazole rings is 1. The number of thiophene rings is 1. The van der Waals surface area contributed by atoms with Crippen molar-refractivity contribution in [2.75, 3.05) is 38.3 Å². The zero-order chi connectivity index (χ0) is 20.3. The number of amides is 1. The molecule has 0 bridgehead atoms. The van der Waals surface area contributed by atoms with Crippen LogP contribution in [0.5, 0.6) is 0 Å². The molecule has 6 nitrogen and oxygen atoms in total. The number of nitrogens with zero attached hydrogens (tertiary/aromatic N) is 3. The molecule has 3 aromatic rings. The van der Waals surface area contributed by atoms with Crippen LogP contribution in [0.25, 0.3) is 16.3 Å². The van der Waals surface area contributed by atoms with Gasteiger partial charge in [-0.2, -0.15) is 0 Å². The van der Waals surface area contributed by atoms with Gasteiger partial charge in [-0.1, -0.05) is 17.4 Å². The molecule has 2 aromatic heterocycles. The summed E-state index contributed by atoms with van der Waals surface area (Å²) in [5.41, 5.74) is 0.678. The van der Waals surface area contributed by atoms with Crippen molar-refractivity contribution in [1.82, 2.24) is 9.88 Å². The van der Waals surface area contributed by atoms with Crippen LogP contribution in [0.1, 0.15) is 4.88 Å². The van der Waals surface area contributed by atoms with Crippen molar-refractivity contribution in [3.8, 4) is 0 Å². The van der Waals surface area contributed by atoms with E-state index in [9.17, 15) is 13.2 Å². The van der Waals surface area contributed by atoms with Crippen LogP contribution in [0.15, 0.2) is 46.7 Å². The van der Waals surface area contributed by atoms with Crippen LogP contribution >= 0.6 is 35.1 Å². The molecule has 10 heteroatoms. The summed E-state index contributed by atoms with van der Waals surface area (Å²) in [5, 5.41) is 2.52. The minimum atomic E-state index is -3.30. The highest BCUT2D eigenvalue weighted by Crippen LogP contribution is 2.31. The molecule has 0 atom stereocenters. The van der Waals surface area contributed by atoms with Crippen LogP contribution in [-0.4, -0.2) is 57.6 Å². The number of sulfone groups is 1. The number of hydrogen-bond acceptors (Lipinski definition) is 7. The number of rotatable bonds is 7. The third-order valence-electron chi connectivity index (χ3n) is 3.98. The molecule has 2 heterocycles. The monoisotopic (exact) mass is 471 g/mol. The van der Waals surface area contributed by atoms with Crippen LogP contribution in [0, 0.1) is 0 Å². The Morgan fingerprint density at radius 1 is 1.21 bits per heavy atom. The molecule has 3 rings (SSSR count). The maximum absolute atomic E-state index is 12.9. The van der Waals surface area contributed by atoms with Crippen LogP contribution in [-0.2, 0) is 14.6 Å². The van der Waals surface area contributed by atoms with Gasteiger partial charge in [-0.3, -0.25) is 9.69 Å². The molecule has 0 aliphatic carbocycles. The highest BCUT2D eigenvalue weighted by Gasteiger charge is 2.19. The number of carbonyl (C=O) groups excluding carboxylic acids is 1. The molecule has 0 N–H and O–H groups in total. The number of anilines is 1. The van der Waals surface area contributed by atoms with Gasteiger partial charge >= 0.3 is 0 Å². The Morgan fingerprint density at radius 2 is 1.97 bits per heavy atom. The number of benzene rings is 1. The number of carbonyl (C=O) groups is 1. The fraction of sp³-hybridized carbons (Fsp3) is 0.263. The third-order valence-corrected chi connectivity index (χ3v) is 6.97. The SMILES string of the molecule is CN(C)CCN(C(=O)C=Cc1cccs1)c1nc2ccc(S(C)(=O)=O)cc2s1.Cl. The summed E-state index contributed by atoms with van der Waals surface area (Å²) in [6, 6.07) is 8.72. The van der Waals surface area contributed by atoms with E-state index in [4.69, 9.17) is 0 Å². The number of fused-ring (bicyclic) bond motifs is 1. The van der Waals surface area contributed by atoms with E-state index in [-0.39, 0.29) is 23.2 Å². The molecule has 0 fully saturated rings. The van der Waals surface area contributed by atoms with Gasteiger partial charge in [-0.25, -0.2) is 13.4 Å². The standard InChI is InChI=1S/C19H21N3O3S3.ClH/c1-21(2)10-11-22(18(23)9-6-14-5-4-12-26-14)19-20-16-8-7-15(28(3,24)25)13-17(16)27-19;/h4-9,12-13H,10-11H2,1-3H3;1H. The summed E-state index contributed by atoms with van der Waals surface area (Å²) in [4.78, 5) is 22.3. The molecule has 29 heavy (non-hydrogen) atoms. The summed E-state index contributed by atoms with van der Waals surface area (Å²) in [7, 11) is 0.596. The Labute approximate surface area is 184 Å². The van der Waals surface area contributed by atoms with Crippen molar-refractivity contribution in [2.24, 2.45) is 0 Å². The van der Waals surface area contributed by atoms with E-state index in [1.54, 1.807) is 46.6 Å². The fourth-order valence-corrected chi connectivity index (χ4v) is 4.84. The second kappa shape index (κ2) is 9.82. The molecule has 0 spiro atoms. The summed E-state index contributed by atoms with van der Waals surface area (Å²) in [6.45, 7) is 1.17. The molecule has 0 aliphatic rings. The Hall–Kier alpha value is -1.78. The van der Waals surface area contributed by atoms with Gasteiger partial charge in [0.15, 0.2) is 15.0 Å². The topological polar surface area (TPSA) is 70.6 Å². The van der Waals surface area contributed by atoms with Gasteiger partial charge in [0.25, 0.3) is 5.91 Å². The van der Waals surface area contributed by atoms with E-state index in [0.717, 1.165) is 9.58 Å². The Morgan fingerprint density at radius 3 is 2.59 bits per heavy atom. The van der Waals surface area contributed by atoms with Crippen molar-refractivity contribution in [1.29, 1.82) is 0 Å². The highest BCUT2D eigenvalue weighted by atomic mass is 35.5. The van der Waals surface area contributed by atoms with E-state index in [1.165, 1.54) is 17.6 Å². The largest absolute Gasteiger partial charge is 0.308 e. The summed E-state index contributed by atoms with van der Waals surface area (Å²) in [6.07, 6.45) is 4.53. The van der Waals surface area contributed by atoms with Crippen molar-refractivity contribution < 1.29 is 13.2 Å². The minimum Gasteiger partial charge on any atom is -0.308 e. The van der Waals surface area contributed by atoms with Crippen LogP contribution in [0.4, 0.5) is 5.13 Å². The van der Waals surface area contributed by atoms with Crippen molar-refractivity contribution in [3.63, 3.8) is 0 Å². The number of hydrogen-bond donors (Lipinski definition) is 0. The number of halogens is 1. The lowest BCUT2D eigenvalue weighted by Crippen LogP contribution is -2.35. The minimum absolute atomic E-state index is 0. The van der Waals surface area contributed by atoms with Crippen molar-refractivity contribution in [3.05, 3.63) is 46.7 Å². The fourth-order valence-electron chi connectivity index (χ4n) is 2.47. The normalized spacial score (nSPS) is 11.9. The van der Waals surface area contributed by atoms with Crippen LogP contribution in [0.3, 0.4) is 0 Å². The molecule has 0 unspecified atom stereocenters. The van der Waals surface area contributed by atoms with Gasteiger partial charge in [-0.15, -0.1) is 23.7 Å². The average Bonchev–Trinajstić information content (AvgIpc) is 3.27. The van der Waals surface area contributed by atoms with E-state index in [1.807, 2.05) is 36.5 Å². The van der Waals surface area contributed by atoms with Gasteiger partial charge in [0, 0.05) is 30.3 Å². The molecule has 0 saturated carbocycles. The molecular weight excluding hydrogens is 450 g/mol. The zero-order valence-electron chi connectivity index (χ0n) is 16.2. The van der Waals surface area contributed by atoms with Crippen LogP contribution in [0.2, 0.25) is 0 Å². The van der Waals surface area contributed by atoms with Gasteiger partial charge < -0.3 is 4.90 Å². The Kier molecular flexibility index (Phi) is 7.95. The highest BCUT2D eigenvalue weighted by molar-refractivity contribution is 7.90. The first kappa shape index (κ1) is 23.5. The lowest BCUT2D eigenvalue weighted by Gasteiger charge is -2.20. The first-order chi connectivity index (χ1) is 13.2. The Bertz CT molecular complexity index is 1110. The van der Waals surface area contributed by atoms with Crippen molar-refractivity contribution >= 4 is 72.2 Å². The van der Waals surface area contributed by atoms with E-state index < -0.39 is 9.84 Å². The summed E-state index contributed by atoms with van der Waals surface area (Å²) >= 11 is 2.88. The Balaban J connectivity index is 0.00000300. The number of likely N-dealkylation sites (N-methyl/N-ethyl adjacent to an activating group) is 1. The molecular formula is C19H22ClN3O3S3. The van der Waals surface area contributed by atoms with E-state index in [2.05, 4.69) is 4.98 Å². The maximum Gasteiger partial charge on any atom is 0.252 e. The predicted molar refractivity (Wildman–Crippen MR) is 124 cm³/mol. The predicted octanol–water partition coefficient (Wildman–Crippen LogP) is 3.79. The molecule has 156 valence electrons. The van der Waals surface area contributed by atoms with E-state index >= 15 is 0 Å². The second-order valence-corrected chi connectivity index (χ2v) is 10.5. The quantitative estimate of drug-likeness (QED) is 0.490. The smallest absolute Gasteiger partial charge is 0.252 e. The molecule has 0 aliphatic heterocycles. The zero-order valence-corrected chi connectivity index (χ0v) is 19.5. The molecule has 1 aromatic carbocycles. The number of aromatic nitrogens is 1. The first-order valence-electron chi connectivity index (χ1n) is 8.52. The molecule has 0 saturated heterocycles. The van der Waals surface area contributed by atoms with Gasteiger partial charge in [-0.05, 0) is 49.8 Å².